The first-order chi connectivity index (χ1) is 28.3. The molecule has 1 heterocycles. The van der Waals surface area contributed by atoms with E-state index < -0.39 is 0 Å². The first kappa shape index (κ1) is 32.8. The average Bonchev–Trinajstić information content (AvgIpc) is 3.68. The van der Waals surface area contributed by atoms with Crippen molar-refractivity contribution in [3.05, 3.63) is 218 Å². The molecule has 0 spiro atoms. The zero-order chi connectivity index (χ0) is 37.7. The third-order valence-corrected chi connectivity index (χ3v) is 11.4. The number of rotatable bonds is 6. The molecule has 0 fully saturated rings. The van der Waals surface area contributed by atoms with Gasteiger partial charge in [-0.15, -0.1) is 0 Å². The van der Waals surface area contributed by atoms with E-state index in [4.69, 9.17) is 4.98 Å². The molecule has 0 N–H and O–H groups in total. The maximum Gasteiger partial charge on any atom is 0.145 e. The van der Waals surface area contributed by atoms with Crippen LogP contribution in [-0.4, -0.2) is 9.55 Å². The summed E-state index contributed by atoms with van der Waals surface area (Å²) >= 11 is 0. The highest BCUT2D eigenvalue weighted by Gasteiger charge is 2.21. The second-order valence-electron chi connectivity index (χ2n) is 14.7. The van der Waals surface area contributed by atoms with Gasteiger partial charge in [-0.25, -0.2) is 4.98 Å². The van der Waals surface area contributed by atoms with Gasteiger partial charge in [0.15, 0.2) is 0 Å². The summed E-state index contributed by atoms with van der Waals surface area (Å²) in [5.41, 5.74) is 14.0. The average molecular weight is 725 g/mol. The fourth-order valence-corrected chi connectivity index (χ4v) is 8.73. The minimum atomic E-state index is 0.930. The molecule has 0 atom stereocenters. The van der Waals surface area contributed by atoms with E-state index in [9.17, 15) is 0 Å². The smallest absolute Gasteiger partial charge is 0.145 e. The molecule has 10 aromatic carbocycles. The highest BCUT2D eigenvalue weighted by molar-refractivity contribution is 6.23. The van der Waals surface area contributed by atoms with Crippen LogP contribution in [0.25, 0.3) is 105 Å². The van der Waals surface area contributed by atoms with E-state index in [2.05, 4.69) is 223 Å². The summed E-state index contributed by atoms with van der Waals surface area (Å²) < 4.78 is 2.26. The van der Waals surface area contributed by atoms with Gasteiger partial charge >= 0.3 is 0 Å². The van der Waals surface area contributed by atoms with Crippen LogP contribution in [0.1, 0.15) is 0 Å². The topological polar surface area (TPSA) is 17.8 Å². The Hall–Kier alpha value is -7.55. The van der Waals surface area contributed by atoms with Crippen molar-refractivity contribution >= 4 is 43.4 Å². The van der Waals surface area contributed by atoms with Gasteiger partial charge in [-0.1, -0.05) is 182 Å². The number of para-hydroxylation sites is 3. The van der Waals surface area contributed by atoms with Gasteiger partial charge in [0.05, 0.1) is 11.0 Å². The summed E-state index contributed by atoms with van der Waals surface area (Å²) in [6, 6.07) is 78.9. The van der Waals surface area contributed by atoms with Crippen LogP contribution in [-0.2, 0) is 0 Å². The van der Waals surface area contributed by atoms with E-state index in [1.807, 2.05) is 0 Å². The molecule has 11 aromatic rings. The maximum atomic E-state index is 5.14. The highest BCUT2D eigenvalue weighted by Crippen LogP contribution is 2.47. The molecule has 0 aliphatic heterocycles. The third-order valence-electron chi connectivity index (χ3n) is 11.4. The Bertz CT molecular complexity index is 3190. The van der Waals surface area contributed by atoms with Gasteiger partial charge < -0.3 is 0 Å². The molecule has 0 saturated heterocycles. The minimum absolute atomic E-state index is 0.930. The van der Waals surface area contributed by atoms with Gasteiger partial charge in [0.2, 0.25) is 0 Å². The van der Waals surface area contributed by atoms with Crippen LogP contribution in [0.2, 0.25) is 0 Å². The predicted octanol–water partition coefficient (Wildman–Crippen LogP) is 14.8. The van der Waals surface area contributed by atoms with Gasteiger partial charge in [-0.05, 0) is 113 Å². The summed E-state index contributed by atoms with van der Waals surface area (Å²) in [6.45, 7) is 0. The van der Waals surface area contributed by atoms with Crippen molar-refractivity contribution in [2.75, 3.05) is 0 Å². The van der Waals surface area contributed by atoms with Crippen LogP contribution < -0.4 is 0 Å². The highest BCUT2D eigenvalue weighted by atomic mass is 15.1. The number of hydrogen-bond acceptors (Lipinski definition) is 1. The lowest BCUT2D eigenvalue weighted by Crippen LogP contribution is -1.97. The van der Waals surface area contributed by atoms with Crippen LogP contribution in [0, 0.1) is 0 Å². The second-order valence-corrected chi connectivity index (χ2v) is 14.7. The SMILES string of the molecule is c1ccc(-c2ccc(-c3cc4ccccc4cc3-c3c4ccccc4c(-c4ccc(-c5nc6ccccc6n5-c5ccccc5)cc4)c4ccccc34)cc2)cc1. The Morgan fingerprint density at radius 1 is 0.316 bits per heavy atom. The molecule has 0 radical (unpaired) electrons. The van der Waals surface area contributed by atoms with Crippen LogP contribution in [0.5, 0.6) is 0 Å². The van der Waals surface area contributed by atoms with E-state index >= 15 is 0 Å². The fraction of sp³-hybridized carbons (Fsp3) is 0. The van der Waals surface area contributed by atoms with E-state index in [0.717, 1.165) is 28.1 Å². The molecule has 0 aliphatic rings. The van der Waals surface area contributed by atoms with E-state index in [1.54, 1.807) is 0 Å². The van der Waals surface area contributed by atoms with Crippen LogP contribution in [0.4, 0.5) is 0 Å². The van der Waals surface area contributed by atoms with E-state index in [0.29, 0.717) is 0 Å². The van der Waals surface area contributed by atoms with Crippen molar-refractivity contribution < 1.29 is 0 Å². The van der Waals surface area contributed by atoms with Gasteiger partial charge in [0.25, 0.3) is 0 Å². The molecule has 57 heavy (non-hydrogen) atoms. The fourth-order valence-electron chi connectivity index (χ4n) is 8.73. The predicted molar refractivity (Wildman–Crippen MR) is 241 cm³/mol. The van der Waals surface area contributed by atoms with Crippen molar-refractivity contribution in [1.82, 2.24) is 9.55 Å². The largest absolute Gasteiger partial charge is 0.292 e. The zero-order valence-electron chi connectivity index (χ0n) is 31.2. The summed E-state index contributed by atoms with van der Waals surface area (Å²) in [6.07, 6.45) is 0. The molecule has 0 bridgehead atoms. The molecule has 0 aliphatic carbocycles. The quantitative estimate of drug-likeness (QED) is 0.156. The summed E-state index contributed by atoms with van der Waals surface area (Å²) in [4.78, 5) is 5.14. The third kappa shape index (κ3) is 5.61. The van der Waals surface area contributed by atoms with Crippen molar-refractivity contribution in [1.29, 1.82) is 0 Å². The van der Waals surface area contributed by atoms with Gasteiger partial charge in [0, 0.05) is 11.3 Å². The first-order valence-electron chi connectivity index (χ1n) is 19.5. The molecule has 0 unspecified atom stereocenters. The lowest BCUT2D eigenvalue weighted by atomic mass is 9.83. The lowest BCUT2D eigenvalue weighted by molar-refractivity contribution is 1.10. The standard InChI is InChI=1S/C55H36N2/c1-3-15-37(16-4-1)38-27-29-39(30-28-38)49-35-42-17-7-8-18-43(42)36-50(49)54-47-23-11-9-21-45(47)53(46-22-10-12-24-48(46)54)40-31-33-41(34-32-40)55-56-51-25-13-14-26-52(51)57(55)44-19-5-2-6-20-44/h1-36H. The van der Waals surface area contributed by atoms with Gasteiger partial charge in [-0.3, -0.25) is 4.57 Å². The summed E-state index contributed by atoms with van der Waals surface area (Å²) in [5, 5.41) is 7.39. The molecular formula is C55H36N2. The Labute approximate surface area is 331 Å². The van der Waals surface area contributed by atoms with Crippen molar-refractivity contribution in [2.24, 2.45) is 0 Å². The summed E-state index contributed by atoms with van der Waals surface area (Å²) in [5.74, 6) is 0.930. The maximum absolute atomic E-state index is 5.14. The number of benzene rings is 10. The minimum Gasteiger partial charge on any atom is -0.292 e. The number of hydrogen-bond donors (Lipinski definition) is 0. The molecule has 1 aromatic heterocycles. The van der Waals surface area contributed by atoms with E-state index in [-0.39, 0.29) is 0 Å². The van der Waals surface area contributed by atoms with E-state index in [1.165, 1.54) is 76.8 Å². The molecular weight excluding hydrogens is 689 g/mol. The number of nitrogens with zero attached hydrogens (tertiary/aromatic N) is 2. The van der Waals surface area contributed by atoms with Crippen LogP contribution in [0.15, 0.2) is 218 Å². The molecule has 0 amide bonds. The molecule has 2 heteroatoms. The Kier molecular flexibility index (Phi) is 7.86. The monoisotopic (exact) mass is 724 g/mol. The lowest BCUT2D eigenvalue weighted by Gasteiger charge is -2.20. The van der Waals surface area contributed by atoms with Gasteiger partial charge in [-0.2, -0.15) is 0 Å². The van der Waals surface area contributed by atoms with Gasteiger partial charge in [0.1, 0.15) is 5.82 Å². The number of aromatic nitrogens is 2. The van der Waals surface area contributed by atoms with Crippen molar-refractivity contribution in [3.8, 4) is 61.6 Å². The molecule has 11 rings (SSSR count). The van der Waals surface area contributed by atoms with Crippen molar-refractivity contribution in [2.45, 2.75) is 0 Å². The Morgan fingerprint density at radius 3 is 1.42 bits per heavy atom. The second kappa shape index (κ2) is 13.6. The zero-order valence-corrected chi connectivity index (χ0v) is 31.2. The Balaban J connectivity index is 1.11. The molecule has 0 saturated carbocycles. The van der Waals surface area contributed by atoms with Crippen LogP contribution >= 0.6 is 0 Å². The van der Waals surface area contributed by atoms with Crippen LogP contribution in [0.3, 0.4) is 0 Å². The normalized spacial score (nSPS) is 11.5. The Morgan fingerprint density at radius 2 is 0.772 bits per heavy atom. The first-order valence-corrected chi connectivity index (χ1v) is 19.5. The molecule has 266 valence electrons. The van der Waals surface area contributed by atoms with Crippen molar-refractivity contribution in [3.63, 3.8) is 0 Å². The number of fused-ring (bicyclic) bond motifs is 4. The summed E-state index contributed by atoms with van der Waals surface area (Å²) in [7, 11) is 0. The molecule has 2 nitrogen and oxygen atoms in total. The number of imidazole rings is 1.